The summed E-state index contributed by atoms with van der Waals surface area (Å²) in [6, 6.07) is 17.6. The fraction of sp³-hybridized carbons (Fsp3) is 0.125. The number of carboxylic acids is 1. The second-order valence-corrected chi connectivity index (χ2v) is 3.76. The lowest BCUT2D eigenvalue weighted by Gasteiger charge is -2.01. The van der Waals surface area contributed by atoms with Crippen molar-refractivity contribution in [3.05, 3.63) is 71.8 Å². The van der Waals surface area contributed by atoms with E-state index in [9.17, 15) is 9.59 Å². The van der Waals surface area contributed by atoms with Crippen molar-refractivity contribution in [1.29, 1.82) is 0 Å². The molecule has 4 heteroatoms. The molecule has 104 valence electrons. The molecule has 0 spiro atoms. The van der Waals surface area contributed by atoms with Gasteiger partial charge in [-0.3, -0.25) is 0 Å². The van der Waals surface area contributed by atoms with Crippen molar-refractivity contribution in [1.82, 2.24) is 0 Å². The second-order valence-electron chi connectivity index (χ2n) is 3.76. The van der Waals surface area contributed by atoms with Crippen molar-refractivity contribution in [2.24, 2.45) is 0 Å². The Kier molecular flexibility index (Phi) is 6.54. The first kappa shape index (κ1) is 15.4. The summed E-state index contributed by atoms with van der Waals surface area (Å²) < 4.78 is 4.74. The predicted octanol–water partition coefficient (Wildman–Crippen LogP) is 3.25. The maximum atomic E-state index is 11.2. The second kappa shape index (κ2) is 8.48. The third-order valence-corrected chi connectivity index (χ3v) is 2.31. The molecule has 4 nitrogen and oxygen atoms in total. The highest BCUT2D eigenvalue weighted by Crippen LogP contribution is 2.05. The van der Waals surface area contributed by atoms with Crippen molar-refractivity contribution < 1.29 is 19.4 Å². The zero-order valence-corrected chi connectivity index (χ0v) is 11.2. The molecule has 0 aliphatic heterocycles. The Bertz CT molecular complexity index is 505. The zero-order chi connectivity index (χ0) is 14.8. The van der Waals surface area contributed by atoms with E-state index >= 15 is 0 Å². The maximum Gasteiger partial charge on any atom is 0.338 e. The first-order valence-corrected chi connectivity index (χ1v) is 6.15. The number of esters is 1. The molecular weight excluding hydrogens is 256 g/mol. The molecular formula is C16H16O4. The first-order valence-electron chi connectivity index (χ1n) is 6.15. The van der Waals surface area contributed by atoms with Gasteiger partial charge in [-0.2, -0.15) is 0 Å². The van der Waals surface area contributed by atoms with Crippen molar-refractivity contribution in [2.75, 3.05) is 6.61 Å². The normalized spacial score (nSPS) is 9.05. The summed E-state index contributed by atoms with van der Waals surface area (Å²) in [5, 5.41) is 8.60. The SMILES string of the molecule is CCOC(=O)c1ccc(C(=O)O)cc1.c1ccccc1. The lowest BCUT2D eigenvalue weighted by atomic mass is 10.1. The van der Waals surface area contributed by atoms with Crippen LogP contribution in [0.2, 0.25) is 0 Å². The Hall–Kier alpha value is -2.62. The van der Waals surface area contributed by atoms with Gasteiger partial charge >= 0.3 is 11.9 Å². The van der Waals surface area contributed by atoms with Gasteiger partial charge in [0, 0.05) is 0 Å². The van der Waals surface area contributed by atoms with Gasteiger partial charge in [-0.1, -0.05) is 36.4 Å². The maximum absolute atomic E-state index is 11.2. The van der Waals surface area contributed by atoms with Gasteiger partial charge < -0.3 is 9.84 Å². The first-order chi connectivity index (χ1) is 9.65. The van der Waals surface area contributed by atoms with Crippen LogP contribution in [0.25, 0.3) is 0 Å². The molecule has 2 rings (SSSR count). The van der Waals surface area contributed by atoms with Gasteiger partial charge in [-0.15, -0.1) is 0 Å². The Morgan fingerprint density at radius 3 is 1.65 bits per heavy atom. The van der Waals surface area contributed by atoms with E-state index in [1.807, 2.05) is 36.4 Å². The summed E-state index contributed by atoms with van der Waals surface area (Å²) in [7, 11) is 0. The van der Waals surface area contributed by atoms with Crippen LogP contribution in [0.3, 0.4) is 0 Å². The Labute approximate surface area is 117 Å². The number of hydrogen-bond acceptors (Lipinski definition) is 3. The van der Waals surface area contributed by atoms with E-state index in [2.05, 4.69) is 0 Å². The van der Waals surface area contributed by atoms with Crippen molar-refractivity contribution >= 4 is 11.9 Å². The van der Waals surface area contributed by atoms with E-state index in [0.717, 1.165) is 0 Å². The Morgan fingerprint density at radius 2 is 1.30 bits per heavy atom. The summed E-state index contributed by atoms with van der Waals surface area (Å²) in [6.45, 7) is 2.02. The average molecular weight is 272 g/mol. The lowest BCUT2D eigenvalue weighted by molar-refractivity contribution is 0.0525. The minimum Gasteiger partial charge on any atom is -0.478 e. The van der Waals surface area contributed by atoms with E-state index < -0.39 is 11.9 Å². The number of rotatable bonds is 3. The molecule has 2 aromatic carbocycles. The summed E-state index contributed by atoms with van der Waals surface area (Å²) in [4.78, 5) is 21.6. The number of hydrogen-bond donors (Lipinski definition) is 1. The molecule has 1 N–H and O–H groups in total. The minimum atomic E-state index is -1.01. The van der Waals surface area contributed by atoms with Crippen LogP contribution in [0, 0.1) is 0 Å². The van der Waals surface area contributed by atoms with Crippen LogP contribution in [0.5, 0.6) is 0 Å². The highest BCUT2D eigenvalue weighted by atomic mass is 16.5. The molecule has 0 aliphatic carbocycles. The van der Waals surface area contributed by atoms with Gasteiger partial charge in [0.2, 0.25) is 0 Å². The van der Waals surface area contributed by atoms with Crippen LogP contribution >= 0.6 is 0 Å². The van der Waals surface area contributed by atoms with Crippen molar-refractivity contribution in [3.8, 4) is 0 Å². The fourth-order valence-electron chi connectivity index (χ4n) is 1.35. The largest absolute Gasteiger partial charge is 0.478 e. The molecule has 20 heavy (non-hydrogen) atoms. The molecule has 0 amide bonds. The monoisotopic (exact) mass is 272 g/mol. The highest BCUT2D eigenvalue weighted by molar-refractivity contribution is 5.92. The number of ether oxygens (including phenoxy) is 1. The third kappa shape index (κ3) is 5.35. The molecule has 0 heterocycles. The van der Waals surface area contributed by atoms with Crippen LogP contribution in [0.1, 0.15) is 27.6 Å². The summed E-state index contributed by atoms with van der Waals surface area (Å²) in [5.41, 5.74) is 0.509. The van der Waals surface area contributed by atoms with Crippen molar-refractivity contribution in [2.45, 2.75) is 6.92 Å². The van der Waals surface area contributed by atoms with Gasteiger partial charge in [0.05, 0.1) is 17.7 Å². The quantitative estimate of drug-likeness (QED) is 0.871. The van der Waals surface area contributed by atoms with E-state index in [1.165, 1.54) is 24.3 Å². The van der Waals surface area contributed by atoms with Gasteiger partial charge in [0.15, 0.2) is 0 Å². The minimum absolute atomic E-state index is 0.151. The van der Waals surface area contributed by atoms with Crippen LogP contribution < -0.4 is 0 Å². The molecule has 0 bridgehead atoms. The number of carboxylic acid groups (broad SMARTS) is 1. The Balaban J connectivity index is 0.000000276. The Morgan fingerprint density at radius 1 is 0.900 bits per heavy atom. The molecule has 0 radical (unpaired) electrons. The number of benzene rings is 2. The van der Waals surface area contributed by atoms with Gasteiger partial charge in [-0.25, -0.2) is 9.59 Å². The number of carbonyl (C=O) groups excluding carboxylic acids is 1. The fourth-order valence-corrected chi connectivity index (χ4v) is 1.35. The third-order valence-electron chi connectivity index (χ3n) is 2.31. The lowest BCUT2D eigenvalue weighted by Crippen LogP contribution is -2.05. The molecule has 0 fully saturated rings. The van der Waals surface area contributed by atoms with Crippen LogP contribution in [0.15, 0.2) is 60.7 Å². The molecule has 0 aromatic heterocycles. The van der Waals surface area contributed by atoms with E-state index in [-0.39, 0.29) is 5.56 Å². The van der Waals surface area contributed by atoms with Crippen LogP contribution in [-0.2, 0) is 4.74 Å². The smallest absolute Gasteiger partial charge is 0.338 e. The molecule has 0 unspecified atom stereocenters. The van der Waals surface area contributed by atoms with Gasteiger partial charge in [0.25, 0.3) is 0 Å². The standard InChI is InChI=1S/C10H10O4.C6H6/c1-2-14-10(13)8-5-3-7(4-6-8)9(11)12;1-2-4-6-5-3-1/h3-6H,2H2,1H3,(H,11,12);1-6H. The number of aromatic carboxylic acids is 1. The zero-order valence-electron chi connectivity index (χ0n) is 11.2. The van der Waals surface area contributed by atoms with Crippen LogP contribution in [-0.4, -0.2) is 23.7 Å². The molecule has 0 saturated heterocycles. The number of carbonyl (C=O) groups is 2. The van der Waals surface area contributed by atoms with Gasteiger partial charge in [0.1, 0.15) is 0 Å². The van der Waals surface area contributed by atoms with Crippen LogP contribution in [0.4, 0.5) is 0 Å². The molecule has 2 aromatic rings. The van der Waals surface area contributed by atoms with Crippen molar-refractivity contribution in [3.63, 3.8) is 0 Å². The summed E-state index contributed by atoms with van der Waals surface area (Å²) in [6.07, 6.45) is 0. The van der Waals surface area contributed by atoms with E-state index in [1.54, 1.807) is 6.92 Å². The molecule has 0 aliphatic rings. The molecule has 0 saturated carbocycles. The van der Waals surface area contributed by atoms with E-state index in [4.69, 9.17) is 9.84 Å². The summed E-state index contributed by atoms with van der Waals surface area (Å²) >= 11 is 0. The molecule has 0 atom stereocenters. The average Bonchev–Trinajstić information content (AvgIpc) is 2.50. The predicted molar refractivity (Wildman–Crippen MR) is 75.8 cm³/mol. The highest BCUT2D eigenvalue weighted by Gasteiger charge is 2.07. The van der Waals surface area contributed by atoms with Gasteiger partial charge in [-0.05, 0) is 31.2 Å². The topological polar surface area (TPSA) is 63.6 Å². The summed E-state index contributed by atoms with van der Waals surface area (Å²) in [5.74, 6) is -1.45. The van der Waals surface area contributed by atoms with E-state index in [0.29, 0.717) is 12.2 Å².